The van der Waals surface area contributed by atoms with Crippen LogP contribution in [0, 0.1) is 0 Å². The monoisotopic (exact) mass is 257 g/mol. The van der Waals surface area contributed by atoms with Gasteiger partial charge in [-0.15, -0.1) is 0 Å². The average molecular weight is 258 g/mol. The van der Waals surface area contributed by atoms with E-state index in [1.54, 1.807) is 0 Å². The van der Waals surface area contributed by atoms with Crippen LogP contribution in [0.3, 0.4) is 0 Å². The number of benzene rings is 2. The molecule has 92 valence electrons. The molecule has 2 heteroatoms. The van der Waals surface area contributed by atoms with Crippen LogP contribution in [0.1, 0.15) is 18.1 Å². The molecule has 18 heavy (non-hydrogen) atoms. The topological polar surface area (TPSA) is 3.24 Å². The van der Waals surface area contributed by atoms with E-state index >= 15 is 0 Å². The summed E-state index contributed by atoms with van der Waals surface area (Å²) in [7, 11) is 0. The molecule has 0 N–H and O–H groups in total. The predicted octanol–water partition coefficient (Wildman–Crippen LogP) is 4.29. The van der Waals surface area contributed by atoms with E-state index in [1.165, 1.54) is 16.8 Å². The summed E-state index contributed by atoms with van der Waals surface area (Å²) in [5.74, 6) is 0. The highest BCUT2D eigenvalue weighted by Crippen LogP contribution is 2.33. The second kappa shape index (κ2) is 4.66. The molecule has 0 saturated carbocycles. The summed E-state index contributed by atoms with van der Waals surface area (Å²) in [5.41, 5.74) is 4.09. The number of rotatable bonds is 2. The van der Waals surface area contributed by atoms with Crippen LogP contribution >= 0.6 is 11.6 Å². The minimum atomic E-state index is 0.557. The second-order valence-electron chi connectivity index (χ2n) is 4.94. The third kappa shape index (κ3) is 2.11. The highest BCUT2D eigenvalue weighted by atomic mass is 35.5. The van der Waals surface area contributed by atoms with Crippen molar-refractivity contribution in [3.05, 3.63) is 64.7 Å². The van der Waals surface area contributed by atoms with Gasteiger partial charge in [-0.25, -0.2) is 0 Å². The SMILES string of the molecule is CC1Cc2ccccc2N1Cc1cccc(Cl)c1. The normalized spacial score (nSPS) is 17.9. The Bertz CT molecular complexity index is 565. The smallest absolute Gasteiger partial charge is 0.0433 e. The first-order valence-corrected chi connectivity index (χ1v) is 6.71. The largest absolute Gasteiger partial charge is 0.364 e. The summed E-state index contributed by atoms with van der Waals surface area (Å²) >= 11 is 6.05. The lowest BCUT2D eigenvalue weighted by Gasteiger charge is -2.25. The number of anilines is 1. The Morgan fingerprint density at radius 3 is 2.83 bits per heavy atom. The Labute approximate surface area is 113 Å². The molecule has 0 spiro atoms. The van der Waals surface area contributed by atoms with E-state index < -0.39 is 0 Å². The molecule has 2 aromatic carbocycles. The van der Waals surface area contributed by atoms with Gasteiger partial charge in [-0.05, 0) is 42.7 Å². The lowest BCUT2D eigenvalue weighted by atomic mass is 10.1. The molecule has 0 aromatic heterocycles. The molecular formula is C16H16ClN. The van der Waals surface area contributed by atoms with Crippen molar-refractivity contribution < 1.29 is 0 Å². The van der Waals surface area contributed by atoms with Crippen molar-refractivity contribution in [3.8, 4) is 0 Å². The minimum absolute atomic E-state index is 0.557. The van der Waals surface area contributed by atoms with Crippen molar-refractivity contribution in [2.75, 3.05) is 4.90 Å². The van der Waals surface area contributed by atoms with Crippen LogP contribution in [0.5, 0.6) is 0 Å². The van der Waals surface area contributed by atoms with Gasteiger partial charge in [-0.1, -0.05) is 41.9 Å². The van der Waals surface area contributed by atoms with E-state index in [1.807, 2.05) is 12.1 Å². The molecule has 1 nitrogen and oxygen atoms in total. The van der Waals surface area contributed by atoms with Gasteiger partial charge < -0.3 is 4.90 Å². The predicted molar refractivity (Wildman–Crippen MR) is 77.2 cm³/mol. The van der Waals surface area contributed by atoms with Crippen LogP contribution < -0.4 is 4.90 Å². The summed E-state index contributed by atoms with van der Waals surface area (Å²) < 4.78 is 0. The maximum Gasteiger partial charge on any atom is 0.0433 e. The summed E-state index contributed by atoms with van der Waals surface area (Å²) in [6.07, 6.45) is 1.14. The Balaban J connectivity index is 1.89. The average Bonchev–Trinajstić information content (AvgIpc) is 2.66. The molecule has 1 aliphatic heterocycles. The Morgan fingerprint density at radius 2 is 2.00 bits per heavy atom. The quantitative estimate of drug-likeness (QED) is 0.776. The molecule has 0 aliphatic carbocycles. The molecule has 0 bridgehead atoms. The molecule has 2 aromatic rings. The highest BCUT2D eigenvalue weighted by Gasteiger charge is 2.25. The summed E-state index contributed by atoms with van der Waals surface area (Å²) in [6.45, 7) is 3.21. The second-order valence-corrected chi connectivity index (χ2v) is 5.38. The van der Waals surface area contributed by atoms with Crippen LogP contribution in [0.25, 0.3) is 0 Å². The highest BCUT2D eigenvalue weighted by molar-refractivity contribution is 6.30. The van der Waals surface area contributed by atoms with E-state index in [4.69, 9.17) is 11.6 Å². The standard InChI is InChI=1S/C16H16ClN/c1-12-9-14-6-2-3-8-16(14)18(12)11-13-5-4-7-15(17)10-13/h2-8,10,12H,9,11H2,1H3. The molecule has 0 fully saturated rings. The van der Waals surface area contributed by atoms with Crippen LogP contribution in [0.2, 0.25) is 5.02 Å². The van der Waals surface area contributed by atoms with E-state index in [0.29, 0.717) is 6.04 Å². The number of nitrogens with zero attached hydrogens (tertiary/aromatic N) is 1. The number of para-hydroxylation sites is 1. The first-order valence-electron chi connectivity index (χ1n) is 6.33. The summed E-state index contributed by atoms with van der Waals surface area (Å²) in [4.78, 5) is 2.46. The molecule has 0 saturated heterocycles. The molecule has 0 amide bonds. The number of hydrogen-bond donors (Lipinski definition) is 0. The van der Waals surface area contributed by atoms with E-state index in [2.05, 4.69) is 48.2 Å². The number of halogens is 1. The third-order valence-electron chi connectivity index (χ3n) is 3.59. The van der Waals surface area contributed by atoms with Gasteiger partial charge in [0.05, 0.1) is 0 Å². The fourth-order valence-corrected chi connectivity index (χ4v) is 2.92. The van der Waals surface area contributed by atoms with Crippen molar-refractivity contribution >= 4 is 17.3 Å². The molecular weight excluding hydrogens is 242 g/mol. The third-order valence-corrected chi connectivity index (χ3v) is 3.83. The van der Waals surface area contributed by atoms with Crippen molar-refractivity contribution in [3.63, 3.8) is 0 Å². The van der Waals surface area contributed by atoms with E-state index in [-0.39, 0.29) is 0 Å². The zero-order valence-electron chi connectivity index (χ0n) is 10.4. The Kier molecular flexibility index (Phi) is 3.00. The number of hydrogen-bond acceptors (Lipinski definition) is 1. The van der Waals surface area contributed by atoms with Gasteiger partial charge in [0.15, 0.2) is 0 Å². The summed E-state index contributed by atoms with van der Waals surface area (Å²) in [5, 5.41) is 0.813. The molecule has 1 unspecified atom stereocenters. The van der Waals surface area contributed by atoms with E-state index in [0.717, 1.165) is 18.0 Å². The lowest BCUT2D eigenvalue weighted by Crippen LogP contribution is -2.28. The van der Waals surface area contributed by atoms with Crippen molar-refractivity contribution in [1.82, 2.24) is 0 Å². The lowest BCUT2D eigenvalue weighted by molar-refractivity contribution is 0.672. The van der Waals surface area contributed by atoms with Crippen LogP contribution in [0.4, 0.5) is 5.69 Å². The van der Waals surface area contributed by atoms with Crippen LogP contribution in [0.15, 0.2) is 48.5 Å². The van der Waals surface area contributed by atoms with Crippen molar-refractivity contribution in [2.24, 2.45) is 0 Å². The summed E-state index contributed by atoms with van der Waals surface area (Å²) in [6, 6.07) is 17.4. The van der Waals surface area contributed by atoms with E-state index in [9.17, 15) is 0 Å². The Hall–Kier alpha value is -1.47. The van der Waals surface area contributed by atoms with Gasteiger partial charge in [0, 0.05) is 23.3 Å². The van der Waals surface area contributed by atoms with Gasteiger partial charge in [-0.3, -0.25) is 0 Å². The van der Waals surface area contributed by atoms with Gasteiger partial charge in [0.1, 0.15) is 0 Å². The molecule has 3 rings (SSSR count). The maximum atomic E-state index is 6.05. The Morgan fingerprint density at radius 1 is 1.17 bits per heavy atom. The van der Waals surface area contributed by atoms with Crippen molar-refractivity contribution in [2.45, 2.75) is 25.9 Å². The first kappa shape index (κ1) is 11.6. The zero-order chi connectivity index (χ0) is 12.5. The fourth-order valence-electron chi connectivity index (χ4n) is 2.70. The van der Waals surface area contributed by atoms with Crippen LogP contribution in [-0.2, 0) is 13.0 Å². The van der Waals surface area contributed by atoms with Crippen LogP contribution in [-0.4, -0.2) is 6.04 Å². The minimum Gasteiger partial charge on any atom is -0.364 e. The molecule has 1 heterocycles. The molecule has 0 radical (unpaired) electrons. The maximum absolute atomic E-state index is 6.05. The van der Waals surface area contributed by atoms with Gasteiger partial charge in [0.25, 0.3) is 0 Å². The molecule has 1 atom stereocenters. The molecule has 1 aliphatic rings. The number of fused-ring (bicyclic) bond motifs is 1. The van der Waals surface area contributed by atoms with Gasteiger partial charge in [-0.2, -0.15) is 0 Å². The fraction of sp³-hybridized carbons (Fsp3) is 0.250. The first-order chi connectivity index (χ1) is 8.74. The van der Waals surface area contributed by atoms with Crippen molar-refractivity contribution in [1.29, 1.82) is 0 Å². The zero-order valence-corrected chi connectivity index (χ0v) is 11.2. The van der Waals surface area contributed by atoms with Gasteiger partial charge in [0.2, 0.25) is 0 Å². The van der Waals surface area contributed by atoms with Gasteiger partial charge >= 0.3 is 0 Å².